The van der Waals surface area contributed by atoms with Crippen molar-refractivity contribution in [2.75, 3.05) is 0 Å². The maximum Gasteiger partial charge on any atom is 0.205 e. The lowest BCUT2D eigenvalue weighted by Gasteiger charge is -2.23. The van der Waals surface area contributed by atoms with E-state index in [0.717, 1.165) is 0 Å². The van der Waals surface area contributed by atoms with Crippen molar-refractivity contribution in [3.8, 4) is 0 Å². The summed E-state index contributed by atoms with van der Waals surface area (Å²) in [6, 6.07) is 0. The predicted octanol–water partition coefficient (Wildman–Crippen LogP) is 2.59. The molecule has 1 aliphatic rings. The van der Waals surface area contributed by atoms with Gasteiger partial charge in [0.15, 0.2) is 0 Å². The first-order chi connectivity index (χ1) is 4.79. The van der Waals surface area contributed by atoms with Crippen LogP contribution in [0.4, 0.5) is 0 Å². The van der Waals surface area contributed by atoms with Gasteiger partial charge in [0.2, 0.25) is 9.04 Å². The predicted molar refractivity (Wildman–Crippen MR) is 45.4 cm³/mol. The molecule has 2 heteroatoms. The number of hydrogen-bond donors (Lipinski definition) is 0. The Labute approximate surface area is 65.5 Å². The smallest absolute Gasteiger partial charge is 0.205 e. The molecule has 0 spiro atoms. The summed E-state index contributed by atoms with van der Waals surface area (Å²) >= 11 is 0. The molecular weight excluding hydrogens is 140 g/mol. The Bertz CT molecular complexity index is 87.3. The quantitative estimate of drug-likeness (QED) is 0.560. The van der Waals surface area contributed by atoms with Crippen LogP contribution in [0.3, 0.4) is 0 Å². The van der Waals surface area contributed by atoms with Gasteiger partial charge < -0.3 is 4.43 Å². The van der Waals surface area contributed by atoms with Gasteiger partial charge in [-0.1, -0.05) is 19.3 Å². The van der Waals surface area contributed by atoms with Gasteiger partial charge in [-0.05, 0) is 25.9 Å². The van der Waals surface area contributed by atoms with E-state index in [1.165, 1.54) is 32.1 Å². The minimum atomic E-state index is -0.434. The van der Waals surface area contributed by atoms with Crippen LogP contribution in [0.15, 0.2) is 0 Å². The first kappa shape index (κ1) is 8.28. The fourth-order valence-electron chi connectivity index (χ4n) is 1.52. The molecular formula is C8H17OSi. The van der Waals surface area contributed by atoms with Crippen molar-refractivity contribution in [3.63, 3.8) is 0 Å². The molecule has 0 N–H and O–H groups in total. The SMILES string of the molecule is C[Si](C)OC1CCCCC1. The van der Waals surface area contributed by atoms with Gasteiger partial charge in [0, 0.05) is 6.10 Å². The average Bonchev–Trinajstić information content (AvgIpc) is 1.88. The molecule has 0 bridgehead atoms. The van der Waals surface area contributed by atoms with Gasteiger partial charge in [-0.15, -0.1) is 0 Å². The Morgan fingerprint density at radius 1 is 1.10 bits per heavy atom. The Morgan fingerprint density at radius 3 is 2.20 bits per heavy atom. The second kappa shape index (κ2) is 4.14. The molecule has 0 heterocycles. The molecule has 1 rings (SSSR count). The molecule has 1 nitrogen and oxygen atoms in total. The van der Waals surface area contributed by atoms with E-state index in [0.29, 0.717) is 6.10 Å². The molecule has 10 heavy (non-hydrogen) atoms. The summed E-state index contributed by atoms with van der Waals surface area (Å²) in [5.41, 5.74) is 0. The van der Waals surface area contributed by atoms with Crippen LogP contribution in [-0.4, -0.2) is 15.1 Å². The van der Waals surface area contributed by atoms with Gasteiger partial charge in [0.25, 0.3) is 0 Å². The topological polar surface area (TPSA) is 9.23 Å². The van der Waals surface area contributed by atoms with Crippen LogP contribution in [0.5, 0.6) is 0 Å². The summed E-state index contributed by atoms with van der Waals surface area (Å²) < 4.78 is 5.79. The molecule has 1 saturated carbocycles. The fraction of sp³-hybridized carbons (Fsp3) is 1.00. The Morgan fingerprint density at radius 2 is 1.70 bits per heavy atom. The van der Waals surface area contributed by atoms with E-state index >= 15 is 0 Å². The maximum atomic E-state index is 5.79. The Balaban J connectivity index is 2.13. The van der Waals surface area contributed by atoms with Crippen LogP contribution < -0.4 is 0 Å². The first-order valence-electron chi connectivity index (χ1n) is 4.26. The maximum absolute atomic E-state index is 5.79. The highest BCUT2D eigenvalue weighted by Gasteiger charge is 2.14. The molecule has 0 unspecified atom stereocenters. The molecule has 0 aromatic heterocycles. The summed E-state index contributed by atoms with van der Waals surface area (Å²) in [6.07, 6.45) is 7.46. The van der Waals surface area contributed by atoms with Gasteiger partial charge in [-0.2, -0.15) is 0 Å². The summed E-state index contributed by atoms with van der Waals surface area (Å²) in [6.45, 7) is 4.44. The zero-order valence-corrected chi connectivity index (χ0v) is 8.02. The molecule has 0 amide bonds. The monoisotopic (exact) mass is 157 g/mol. The third-order valence-electron chi connectivity index (χ3n) is 1.95. The Hall–Kier alpha value is 0.177. The van der Waals surface area contributed by atoms with Crippen molar-refractivity contribution < 1.29 is 4.43 Å². The largest absolute Gasteiger partial charge is 0.414 e. The van der Waals surface area contributed by atoms with Crippen molar-refractivity contribution in [1.82, 2.24) is 0 Å². The number of hydrogen-bond acceptors (Lipinski definition) is 1. The van der Waals surface area contributed by atoms with Gasteiger partial charge >= 0.3 is 0 Å². The lowest BCUT2D eigenvalue weighted by Crippen LogP contribution is -2.22. The molecule has 0 atom stereocenters. The van der Waals surface area contributed by atoms with Crippen LogP contribution >= 0.6 is 0 Å². The second-order valence-corrected chi connectivity index (χ2v) is 5.34. The third-order valence-corrected chi connectivity index (χ3v) is 2.76. The van der Waals surface area contributed by atoms with E-state index < -0.39 is 9.04 Å². The molecule has 59 valence electrons. The van der Waals surface area contributed by atoms with Gasteiger partial charge in [-0.3, -0.25) is 0 Å². The molecule has 0 aromatic carbocycles. The molecule has 0 aromatic rings. The van der Waals surface area contributed by atoms with E-state index in [1.807, 2.05) is 0 Å². The zero-order chi connectivity index (χ0) is 7.40. The lowest BCUT2D eigenvalue weighted by atomic mass is 9.98. The Kier molecular flexibility index (Phi) is 3.42. The second-order valence-electron chi connectivity index (χ2n) is 3.29. The van der Waals surface area contributed by atoms with E-state index in [9.17, 15) is 0 Å². The fourth-order valence-corrected chi connectivity index (χ4v) is 2.42. The van der Waals surface area contributed by atoms with E-state index in [4.69, 9.17) is 4.43 Å². The highest BCUT2D eigenvalue weighted by Crippen LogP contribution is 2.20. The number of rotatable bonds is 2. The molecule has 1 radical (unpaired) electrons. The normalized spacial score (nSPS) is 21.9. The summed E-state index contributed by atoms with van der Waals surface area (Å²) in [5, 5.41) is 0. The molecule has 0 saturated heterocycles. The van der Waals surface area contributed by atoms with Crippen molar-refractivity contribution in [1.29, 1.82) is 0 Å². The standard InChI is InChI=1S/C8H17OSi/c1-10(2)9-8-6-4-3-5-7-8/h8H,3-7H2,1-2H3. The molecule has 1 fully saturated rings. The van der Waals surface area contributed by atoms with Crippen LogP contribution in [0.1, 0.15) is 32.1 Å². The third kappa shape index (κ3) is 2.84. The van der Waals surface area contributed by atoms with Crippen LogP contribution in [0.2, 0.25) is 13.1 Å². The van der Waals surface area contributed by atoms with Crippen molar-refractivity contribution in [2.45, 2.75) is 51.3 Å². The van der Waals surface area contributed by atoms with E-state index in [1.54, 1.807) is 0 Å². The van der Waals surface area contributed by atoms with Crippen molar-refractivity contribution >= 4 is 9.04 Å². The van der Waals surface area contributed by atoms with Crippen LogP contribution in [-0.2, 0) is 4.43 Å². The van der Waals surface area contributed by atoms with Gasteiger partial charge in [0.05, 0.1) is 0 Å². The molecule has 0 aliphatic heterocycles. The van der Waals surface area contributed by atoms with Crippen molar-refractivity contribution in [2.24, 2.45) is 0 Å². The highest BCUT2D eigenvalue weighted by molar-refractivity contribution is 6.48. The van der Waals surface area contributed by atoms with Crippen molar-refractivity contribution in [3.05, 3.63) is 0 Å². The van der Waals surface area contributed by atoms with Gasteiger partial charge in [-0.25, -0.2) is 0 Å². The van der Waals surface area contributed by atoms with Crippen LogP contribution in [0, 0.1) is 0 Å². The molecule has 1 aliphatic carbocycles. The summed E-state index contributed by atoms with van der Waals surface area (Å²) in [4.78, 5) is 0. The minimum absolute atomic E-state index is 0.434. The minimum Gasteiger partial charge on any atom is -0.414 e. The van der Waals surface area contributed by atoms with E-state index in [-0.39, 0.29) is 0 Å². The highest BCUT2D eigenvalue weighted by atomic mass is 28.3. The average molecular weight is 157 g/mol. The van der Waals surface area contributed by atoms with E-state index in [2.05, 4.69) is 13.1 Å². The summed E-state index contributed by atoms with van der Waals surface area (Å²) in [7, 11) is -0.434. The van der Waals surface area contributed by atoms with Crippen LogP contribution in [0.25, 0.3) is 0 Å². The first-order valence-corrected chi connectivity index (χ1v) is 6.66. The summed E-state index contributed by atoms with van der Waals surface area (Å²) in [5.74, 6) is 0. The van der Waals surface area contributed by atoms with Gasteiger partial charge in [0.1, 0.15) is 0 Å². The zero-order valence-electron chi connectivity index (χ0n) is 7.02. The lowest BCUT2D eigenvalue weighted by molar-refractivity contribution is 0.156.